The van der Waals surface area contributed by atoms with Crippen molar-refractivity contribution in [2.75, 3.05) is 19.8 Å². The van der Waals surface area contributed by atoms with Crippen LogP contribution in [0.3, 0.4) is 0 Å². The van der Waals surface area contributed by atoms with Crippen LogP contribution in [0.5, 0.6) is 5.75 Å². The first-order chi connectivity index (χ1) is 14.1. The average molecular weight is 456 g/mol. The lowest BCUT2D eigenvalue weighted by Gasteiger charge is -2.26. The van der Waals surface area contributed by atoms with E-state index >= 15 is 0 Å². The van der Waals surface area contributed by atoms with Crippen molar-refractivity contribution < 1.29 is 36.6 Å². The first-order valence-corrected chi connectivity index (χ1v) is 9.63. The normalized spacial score (nSPS) is 17.8. The Morgan fingerprint density at radius 1 is 1.27 bits per heavy atom. The summed E-state index contributed by atoms with van der Waals surface area (Å²) in [6, 6.07) is 3.10. The first kappa shape index (κ1) is 24.2. The second kappa shape index (κ2) is 11.3. The molecule has 168 valence electrons. The Morgan fingerprint density at radius 2 is 2.03 bits per heavy atom. The molecule has 0 aromatic heterocycles. The number of carbonyl (C=O) groups excluding carboxylic acids is 2. The topological polar surface area (TPSA) is 88.7 Å². The number of halogens is 5. The van der Waals surface area contributed by atoms with E-state index in [4.69, 9.17) is 16.3 Å². The van der Waals surface area contributed by atoms with E-state index in [1.807, 2.05) is 0 Å². The molecule has 7 nitrogen and oxygen atoms in total. The Kier molecular flexibility index (Phi) is 9.12. The molecule has 0 aliphatic carbocycles. The molecule has 0 bridgehead atoms. The van der Waals surface area contributed by atoms with E-state index in [0.717, 1.165) is 18.9 Å². The summed E-state index contributed by atoms with van der Waals surface area (Å²) in [5.41, 5.74) is 0. The van der Waals surface area contributed by atoms with Crippen molar-refractivity contribution in [3.05, 3.63) is 29.0 Å². The van der Waals surface area contributed by atoms with Crippen LogP contribution in [0.15, 0.2) is 18.2 Å². The van der Waals surface area contributed by atoms with Crippen LogP contribution in [0.4, 0.5) is 17.6 Å². The molecule has 0 radical (unpaired) electrons. The average Bonchev–Trinajstić information content (AvgIpc) is 2.68. The molecule has 1 aliphatic heterocycles. The SMILES string of the molecule is O=C(COc1ccc(Cl)c(F)c1)NC(CCOC(F)(F)F)NC(=O)C1CCCCN1. The molecule has 30 heavy (non-hydrogen) atoms. The van der Waals surface area contributed by atoms with Gasteiger partial charge in [-0.1, -0.05) is 18.0 Å². The van der Waals surface area contributed by atoms with Gasteiger partial charge >= 0.3 is 6.36 Å². The van der Waals surface area contributed by atoms with Gasteiger partial charge in [0.15, 0.2) is 6.61 Å². The fraction of sp³-hybridized carbons (Fsp3) is 0.556. The molecule has 12 heteroatoms. The van der Waals surface area contributed by atoms with Crippen LogP contribution in [0.1, 0.15) is 25.7 Å². The van der Waals surface area contributed by atoms with Gasteiger partial charge < -0.3 is 20.7 Å². The summed E-state index contributed by atoms with van der Waals surface area (Å²) in [5, 5.41) is 7.78. The first-order valence-electron chi connectivity index (χ1n) is 9.26. The highest BCUT2D eigenvalue weighted by Gasteiger charge is 2.30. The van der Waals surface area contributed by atoms with Gasteiger partial charge in [-0.25, -0.2) is 4.39 Å². The molecule has 0 saturated carbocycles. The quantitative estimate of drug-likeness (QED) is 0.393. The lowest BCUT2D eigenvalue weighted by Crippen LogP contribution is -2.55. The number of piperidine rings is 1. The molecular weight excluding hydrogens is 434 g/mol. The lowest BCUT2D eigenvalue weighted by molar-refractivity contribution is -0.325. The van der Waals surface area contributed by atoms with E-state index < -0.39 is 49.4 Å². The maximum atomic E-state index is 13.4. The summed E-state index contributed by atoms with van der Waals surface area (Å²) in [5.74, 6) is -1.85. The van der Waals surface area contributed by atoms with Crippen LogP contribution >= 0.6 is 11.6 Å². The molecule has 2 unspecified atom stereocenters. The van der Waals surface area contributed by atoms with Gasteiger partial charge in [0.25, 0.3) is 5.91 Å². The zero-order chi connectivity index (χ0) is 22.1. The van der Waals surface area contributed by atoms with Gasteiger partial charge in [-0.3, -0.25) is 14.3 Å². The van der Waals surface area contributed by atoms with Crippen molar-refractivity contribution in [2.24, 2.45) is 0 Å². The molecule has 2 atom stereocenters. The monoisotopic (exact) mass is 455 g/mol. The predicted molar refractivity (Wildman–Crippen MR) is 99.2 cm³/mol. The van der Waals surface area contributed by atoms with Crippen molar-refractivity contribution in [1.82, 2.24) is 16.0 Å². The van der Waals surface area contributed by atoms with Gasteiger partial charge in [0.1, 0.15) is 17.7 Å². The zero-order valence-corrected chi connectivity index (χ0v) is 16.6. The molecule has 1 aliphatic rings. The molecule has 1 fully saturated rings. The summed E-state index contributed by atoms with van der Waals surface area (Å²) >= 11 is 5.56. The third-order valence-corrected chi connectivity index (χ3v) is 4.52. The fourth-order valence-electron chi connectivity index (χ4n) is 2.77. The minimum atomic E-state index is -4.83. The molecule has 2 rings (SSSR count). The standard InChI is InChI=1S/C18H22ClF4N3O4/c19-12-5-4-11(9-13(12)20)29-10-16(27)25-15(6-8-30-18(21,22)23)26-17(28)14-3-1-2-7-24-14/h4-5,9,14-15,24H,1-3,6-8,10H2,(H,25,27)(H,26,28). The maximum absolute atomic E-state index is 13.4. The number of rotatable bonds is 9. The highest BCUT2D eigenvalue weighted by atomic mass is 35.5. The number of ether oxygens (including phenoxy) is 2. The van der Waals surface area contributed by atoms with E-state index in [0.29, 0.717) is 13.0 Å². The van der Waals surface area contributed by atoms with Gasteiger partial charge in [0, 0.05) is 12.5 Å². The Bertz CT molecular complexity index is 730. The van der Waals surface area contributed by atoms with Gasteiger partial charge in [-0.2, -0.15) is 0 Å². The molecule has 1 saturated heterocycles. The summed E-state index contributed by atoms with van der Waals surface area (Å²) in [4.78, 5) is 24.4. The largest absolute Gasteiger partial charge is 0.522 e. The number of hydrogen-bond acceptors (Lipinski definition) is 5. The Hall–Kier alpha value is -2.11. The van der Waals surface area contributed by atoms with Crippen molar-refractivity contribution in [3.8, 4) is 5.75 Å². The number of nitrogens with one attached hydrogen (secondary N) is 3. The second-order valence-electron chi connectivity index (χ2n) is 6.58. The van der Waals surface area contributed by atoms with Crippen LogP contribution in [-0.2, 0) is 14.3 Å². The summed E-state index contributed by atoms with van der Waals surface area (Å²) in [6.45, 7) is -0.664. The van der Waals surface area contributed by atoms with E-state index in [1.165, 1.54) is 12.1 Å². The summed E-state index contributed by atoms with van der Waals surface area (Å²) in [7, 11) is 0. The Labute approximate surface area is 175 Å². The highest BCUT2D eigenvalue weighted by molar-refractivity contribution is 6.30. The second-order valence-corrected chi connectivity index (χ2v) is 6.99. The zero-order valence-electron chi connectivity index (χ0n) is 15.9. The van der Waals surface area contributed by atoms with Crippen molar-refractivity contribution in [2.45, 2.75) is 44.3 Å². The van der Waals surface area contributed by atoms with Crippen LogP contribution in [0, 0.1) is 5.82 Å². The minimum Gasteiger partial charge on any atom is -0.484 e. The van der Waals surface area contributed by atoms with Crippen molar-refractivity contribution >= 4 is 23.4 Å². The highest BCUT2D eigenvalue weighted by Crippen LogP contribution is 2.20. The van der Waals surface area contributed by atoms with Crippen LogP contribution in [-0.4, -0.2) is 50.1 Å². The molecule has 1 aromatic rings. The van der Waals surface area contributed by atoms with E-state index in [2.05, 4.69) is 20.7 Å². The molecule has 2 amide bonds. The van der Waals surface area contributed by atoms with E-state index in [9.17, 15) is 27.2 Å². The number of alkyl halides is 3. The third kappa shape index (κ3) is 8.72. The number of hydrogen-bond donors (Lipinski definition) is 3. The van der Waals surface area contributed by atoms with Gasteiger partial charge in [-0.05, 0) is 31.5 Å². The van der Waals surface area contributed by atoms with Crippen molar-refractivity contribution in [3.63, 3.8) is 0 Å². The predicted octanol–water partition coefficient (Wildman–Crippen LogP) is 2.49. The molecule has 1 heterocycles. The molecule has 0 spiro atoms. The van der Waals surface area contributed by atoms with Gasteiger partial charge in [0.2, 0.25) is 5.91 Å². The smallest absolute Gasteiger partial charge is 0.484 e. The third-order valence-electron chi connectivity index (χ3n) is 4.21. The van der Waals surface area contributed by atoms with Gasteiger partial charge in [0.05, 0.1) is 17.7 Å². The molecular formula is C18H22ClF4N3O4. The van der Waals surface area contributed by atoms with Gasteiger partial charge in [-0.15, -0.1) is 13.2 Å². The van der Waals surface area contributed by atoms with Crippen LogP contribution in [0.2, 0.25) is 5.02 Å². The fourth-order valence-corrected chi connectivity index (χ4v) is 2.89. The molecule has 3 N–H and O–H groups in total. The minimum absolute atomic E-state index is 0.0412. The summed E-state index contributed by atoms with van der Waals surface area (Å²) in [6.07, 6.45) is -3.92. The number of carbonyl (C=O) groups is 2. The maximum Gasteiger partial charge on any atom is 0.522 e. The van der Waals surface area contributed by atoms with E-state index in [-0.39, 0.29) is 17.2 Å². The van der Waals surface area contributed by atoms with Crippen LogP contribution < -0.4 is 20.7 Å². The number of benzene rings is 1. The molecule has 1 aromatic carbocycles. The summed E-state index contributed by atoms with van der Waals surface area (Å²) < 4.78 is 58.9. The Morgan fingerprint density at radius 3 is 2.67 bits per heavy atom. The van der Waals surface area contributed by atoms with Crippen molar-refractivity contribution in [1.29, 1.82) is 0 Å². The number of amides is 2. The van der Waals surface area contributed by atoms with E-state index in [1.54, 1.807) is 0 Å². The van der Waals surface area contributed by atoms with Crippen LogP contribution in [0.25, 0.3) is 0 Å². The Balaban J connectivity index is 1.89. The lowest BCUT2D eigenvalue weighted by atomic mass is 10.0.